The molecule has 0 fully saturated rings. The van der Waals surface area contributed by atoms with E-state index < -0.39 is 10.0 Å². The van der Waals surface area contributed by atoms with Crippen molar-refractivity contribution in [3.63, 3.8) is 0 Å². The quantitative estimate of drug-likeness (QED) is 0.672. The number of aromatic nitrogens is 2. The molecule has 0 radical (unpaired) electrons. The van der Waals surface area contributed by atoms with Crippen LogP contribution in [0.25, 0.3) is 0 Å². The molecule has 21 heavy (non-hydrogen) atoms. The number of amides is 1. The Bertz CT molecular complexity index is 754. The number of para-hydroxylation sites is 1. The molecule has 9 heteroatoms. The van der Waals surface area contributed by atoms with Crippen molar-refractivity contribution in [2.75, 3.05) is 17.5 Å². The van der Waals surface area contributed by atoms with Crippen LogP contribution in [0.4, 0.5) is 11.4 Å². The van der Waals surface area contributed by atoms with Crippen LogP contribution in [0.5, 0.6) is 0 Å². The summed E-state index contributed by atoms with van der Waals surface area (Å²) < 4.78 is 28.1. The standard InChI is InChI=1S/C12H15N5O3S/c1-14-12(18)8-17-7-9(6-15-17)16-21(19,20)11-5-3-2-4-10(11)13/h2-7,16H,8,13H2,1H3,(H,14,18). The molecule has 1 amide bonds. The van der Waals surface area contributed by atoms with Gasteiger partial charge in [0.2, 0.25) is 5.91 Å². The zero-order chi connectivity index (χ0) is 15.5. The molecule has 2 aromatic rings. The van der Waals surface area contributed by atoms with Crippen molar-refractivity contribution in [2.45, 2.75) is 11.4 Å². The molecule has 0 unspecified atom stereocenters. The van der Waals surface area contributed by atoms with Crippen LogP contribution in [0.2, 0.25) is 0 Å². The van der Waals surface area contributed by atoms with Crippen LogP contribution in [0.15, 0.2) is 41.6 Å². The largest absolute Gasteiger partial charge is 0.398 e. The number of hydrogen-bond acceptors (Lipinski definition) is 5. The van der Waals surface area contributed by atoms with Gasteiger partial charge in [-0.05, 0) is 12.1 Å². The number of nitrogens with zero attached hydrogens (tertiary/aromatic N) is 2. The van der Waals surface area contributed by atoms with Crippen LogP contribution in [-0.4, -0.2) is 31.2 Å². The van der Waals surface area contributed by atoms with Crippen LogP contribution < -0.4 is 15.8 Å². The van der Waals surface area contributed by atoms with E-state index in [2.05, 4.69) is 15.1 Å². The minimum absolute atomic E-state index is 0.00566. The Morgan fingerprint density at radius 3 is 2.76 bits per heavy atom. The third kappa shape index (κ3) is 3.51. The van der Waals surface area contributed by atoms with E-state index in [0.29, 0.717) is 0 Å². The molecular weight excluding hydrogens is 294 g/mol. The van der Waals surface area contributed by atoms with Crippen LogP contribution in [-0.2, 0) is 21.4 Å². The molecule has 0 atom stereocenters. The highest BCUT2D eigenvalue weighted by Gasteiger charge is 2.17. The SMILES string of the molecule is CNC(=O)Cn1cc(NS(=O)(=O)c2ccccc2N)cn1. The van der Waals surface area contributed by atoms with E-state index in [9.17, 15) is 13.2 Å². The highest BCUT2D eigenvalue weighted by Crippen LogP contribution is 2.20. The lowest BCUT2D eigenvalue weighted by atomic mass is 10.3. The van der Waals surface area contributed by atoms with E-state index in [1.807, 2.05) is 0 Å². The molecule has 1 aromatic heterocycles. The van der Waals surface area contributed by atoms with E-state index in [0.717, 1.165) is 0 Å². The number of sulfonamides is 1. The Hall–Kier alpha value is -2.55. The molecule has 2 rings (SSSR count). The fourth-order valence-electron chi connectivity index (χ4n) is 1.66. The maximum Gasteiger partial charge on any atom is 0.264 e. The van der Waals surface area contributed by atoms with Crippen molar-refractivity contribution in [2.24, 2.45) is 0 Å². The Kier molecular flexibility index (Phi) is 4.13. The van der Waals surface area contributed by atoms with Crippen LogP contribution in [0, 0.1) is 0 Å². The highest BCUT2D eigenvalue weighted by atomic mass is 32.2. The zero-order valence-electron chi connectivity index (χ0n) is 11.3. The van der Waals surface area contributed by atoms with Gasteiger partial charge >= 0.3 is 0 Å². The Morgan fingerprint density at radius 1 is 1.38 bits per heavy atom. The van der Waals surface area contributed by atoms with E-state index >= 15 is 0 Å². The molecule has 0 spiro atoms. The number of carbonyl (C=O) groups is 1. The van der Waals surface area contributed by atoms with Gasteiger partial charge in [0.1, 0.15) is 11.4 Å². The molecule has 112 valence electrons. The molecule has 1 aromatic carbocycles. The second-order valence-electron chi connectivity index (χ2n) is 4.24. The lowest BCUT2D eigenvalue weighted by Gasteiger charge is -2.07. The number of anilines is 2. The minimum Gasteiger partial charge on any atom is -0.398 e. The summed E-state index contributed by atoms with van der Waals surface area (Å²) in [5.41, 5.74) is 6.06. The number of nitrogen functional groups attached to an aromatic ring is 1. The number of nitrogens with one attached hydrogen (secondary N) is 2. The molecule has 8 nitrogen and oxygen atoms in total. The number of hydrogen-bond donors (Lipinski definition) is 3. The molecule has 4 N–H and O–H groups in total. The average Bonchev–Trinajstić information content (AvgIpc) is 2.85. The summed E-state index contributed by atoms with van der Waals surface area (Å²) in [6.07, 6.45) is 2.74. The summed E-state index contributed by atoms with van der Waals surface area (Å²) in [6.45, 7) is 0.00566. The lowest BCUT2D eigenvalue weighted by Crippen LogP contribution is -2.23. The Balaban J connectivity index is 2.18. The monoisotopic (exact) mass is 309 g/mol. The van der Waals surface area contributed by atoms with Gasteiger partial charge in [0.15, 0.2) is 0 Å². The first-order valence-electron chi connectivity index (χ1n) is 6.03. The van der Waals surface area contributed by atoms with Crippen LogP contribution in [0.1, 0.15) is 0 Å². The molecule has 0 aliphatic carbocycles. The predicted octanol–water partition coefficient (Wildman–Crippen LogP) is 0.0121. The third-order valence-electron chi connectivity index (χ3n) is 2.68. The number of likely N-dealkylation sites (N-methyl/N-ethyl adjacent to an activating group) is 1. The van der Waals surface area contributed by atoms with Gasteiger partial charge in [-0.2, -0.15) is 5.10 Å². The molecule has 0 aliphatic heterocycles. The third-order valence-corrected chi connectivity index (χ3v) is 4.13. The van der Waals surface area contributed by atoms with Gasteiger partial charge in [-0.25, -0.2) is 8.42 Å². The van der Waals surface area contributed by atoms with Crippen molar-refractivity contribution in [3.05, 3.63) is 36.7 Å². The summed E-state index contributed by atoms with van der Waals surface area (Å²) in [4.78, 5) is 11.2. The van der Waals surface area contributed by atoms with Crippen molar-refractivity contribution in [3.8, 4) is 0 Å². The normalized spacial score (nSPS) is 11.1. The van der Waals surface area contributed by atoms with Crippen LogP contribution in [0.3, 0.4) is 0 Å². The van der Waals surface area contributed by atoms with Crippen LogP contribution >= 0.6 is 0 Å². The molecule has 1 heterocycles. The van der Waals surface area contributed by atoms with Gasteiger partial charge in [0, 0.05) is 13.2 Å². The van der Waals surface area contributed by atoms with Crippen molar-refractivity contribution in [1.82, 2.24) is 15.1 Å². The fourth-order valence-corrected chi connectivity index (χ4v) is 2.83. The van der Waals surface area contributed by atoms with Crippen molar-refractivity contribution in [1.29, 1.82) is 0 Å². The first-order chi connectivity index (χ1) is 9.92. The summed E-state index contributed by atoms with van der Waals surface area (Å²) in [5.74, 6) is -0.236. The average molecular weight is 309 g/mol. The highest BCUT2D eigenvalue weighted by molar-refractivity contribution is 7.92. The minimum atomic E-state index is -3.79. The molecule has 0 bridgehead atoms. The van der Waals surface area contributed by atoms with E-state index in [1.54, 1.807) is 12.1 Å². The van der Waals surface area contributed by atoms with Gasteiger partial charge < -0.3 is 11.1 Å². The summed E-state index contributed by atoms with van der Waals surface area (Å²) in [5, 5.41) is 6.35. The molecule has 0 saturated heterocycles. The lowest BCUT2D eigenvalue weighted by molar-refractivity contribution is -0.121. The first-order valence-corrected chi connectivity index (χ1v) is 7.51. The molecule has 0 saturated carbocycles. The second-order valence-corrected chi connectivity index (χ2v) is 5.89. The van der Waals surface area contributed by atoms with E-state index in [-0.39, 0.29) is 28.7 Å². The topological polar surface area (TPSA) is 119 Å². The number of benzene rings is 1. The van der Waals surface area contributed by atoms with E-state index in [1.165, 1.54) is 36.3 Å². The Morgan fingerprint density at radius 2 is 2.10 bits per heavy atom. The fraction of sp³-hybridized carbons (Fsp3) is 0.167. The van der Waals surface area contributed by atoms with Gasteiger partial charge in [0.05, 0.1) is 17.6 Å². The number of rotatable bonds is 5. The van der Waals surface area contributed by atoms with Gasteiger partial charge in [-0.1, -0.05) is 12.1 Å². The van der Waals surface area contributed by atoms with Gasteiger partial charge in [-0.15, -0.1) is 0 Å². The summed E-state index contributed by atoms with van der Waals surface area (Å²) >= 11 is 0. The molecule has 0 aliphatic rings. The number of carbonyl (C=O) groups excluding carboxylic acids is 1. The van der Waals surface area contributed by atoms with Crippen molar-refractivity contribution >= 4 is 27.3 Å². The van der Waals surface area contributed by atoms with E-state index in [4.69, 9.17) is 5.73 Å². The Labute approximate surface area is 122 Å². The maximum atomic E-state index is 12.2. The van der Waals surface area contributed by atoms with Gasteiger partial charge in [-0.3, -0.25) is 14.2 Å². The summed E-state index contributed by atoms with van der Waals surface area (Å²) in [7, 11) is -2.29. The summed E-state index contributed by atoms with van der Waals surface area (Å²) in [6, 6.07) is 6.14. The molecular formula is C12H15N5O3S. The smallest absolute Gasteiger partial charge is 0.264 e. The predicted molar refractivity (Wildman–Crippen MR) is 78.0 cm³/mol. The second kappa shape index (κ2) is 5.83. The maximum absolute atomic E-state index is 12.2. The zero-order valence-corrected chi connectivity index (χ0v) is 12.1. The first kappa shape index (κ1) is 14.9. The van der Waals surface area contributed by atoms with Crippen molar-refractivity contribution < 1.29 is 13.2 Å². The number of nitrogens with two attached hydrogens (primary N) is 1. The van der Waals surface area contributed by atoms with Gasteiger partial charge in [0.25, 0.3) is 10.0 Å².